The fraction of sp³-hybridized carbons (Fsp3) is 0.500. The highest BCUT2D eigenvalue weighted by molar-refractivity contribution is 7.10. The molecule has 0 N–H and O–H groups in total. The Morgan fingerprint density at radius 3 is 3.00 bits per heavy atom. The molecule has 118 valence electrons. The van der Waals surface area contributed by atoms with Crippen molar-refractivity contribution in [1.29, 1.82) is 0 Å². The van der Waals surface area contributed by atoms with Crippen molar-refractivity contribution in [2.24, 2.45) is 0 Å². The van der Waals surface area contributed by atoms with Gasteiger partial charge >= 0.3 is 0 Å². The minimum Gasteiger partial charge on any atom is -0.380 e. The zero-order valence-electron chi connectivity index (χ0n) is 13.4. The number of ether oxygens (including phenoxy) is 1. The second-order valence-corrected chi connectivity index (χ2v) is 6.83. The van der Waals surface area contributed by atoms with Crippen molar-refractivity contribution in [2.75, 3.05) is 32.6 Å². The van der Waals surface area contributed by atoms with E-state index in [1.54, 1.807) is 13.4 Å². The third kappa shape index (κ3) is 3.29. The van der Waals surface area contributed by atoms with Gasteiger partial charge in [0.05, 0.1) is 12.3 Å². The Labute approximate surface area is 135 Å². The predicted octanol–water partition coefficient (Wildman–Crippen LogP) is 2.31. The van der Waals surface area contributed by atoms with Gasteiger partial charge in [0.2, 0.25) is 0 Å². The molecule has 0 saturated heterocycles. The number of anilines is 1. The summed E-state index contributed by atoms with van der Waals surface area (Å²) in [5.74, 6) is 1.04. The fourth-order valence-corrected chi connectivity index (χ4v) is 3.79. The van der Waals surface area contributed by atoms with Crippen LogP contribution in [0.5, 0.6) is 0 Å². The molecule has 3 rings (SSSR count). The third-order valence-electron chi connectivity index (χ3n) is 3.88. The Balaban J connectivity index is 1.73. The lowest BCUT2D eigenvalue weighted by Gasteiger charge is -2.30. The van der Waals surface area contributed by atoms with Gasteiger partial charge in [-0.25, -0.2) is 9.97 Å². The zero-order chi connectivity index (χ0) is 15.5. The highest BCUT2D eigenvalue weighted by atomic mass is 32.1. The first-order valence-electron chi connectivity index (χ1n) is 7.45. The number of hydrogen-bond donors (Lipinski definition) is 0. The molecule has 0 aliphatic carbocycles. The maximum absolute atomic E-state index is 5.19. The lowest BCUT2D eigenvalue weighted by atomic mass is 10.1. The minimum absolute atomic E-state index is 0.692. The standard InChI is InChI=1S/C16H22N4OS/c1-19(2)16-14-8-20(5-4-15(14)17-11-18-16)7-13-6-12(9-21-3)10-22-13/h6,10-11H,4-5,7-9H2,1-3H3. The first-order chi connectivity index (χ1) is 10.7. The first kappa shape index (κ1) is 15.4. The van der Waals surface area contributed by atoms with E-state index in [4.69, 9.17) is 4.74 Å². The van der Waals surface area contributed by atoms with E-state index in [2.05, 4.69) is 31.2 Å². The van der Waals surface area contributed by atoms with Crippen LogP contribution >= 0.6 is 11.3 Å². The molecule has 2 aromatic heterocycles. The van der Waals surface area contributed by atoms with E-state index in [0.717, 1.165) is 31.9 Å². The van der Waals surface area contributed by atoms with Crippen LogP contribution in [0.2, 0.25) is 0 Å². The van der Waals surface area contributed by atoms with Gasteiger partial charge in [-0.2, -0.15) is 0 Å². The van der Waals surface area contributed by atoms with E-state index in [1.165, 1.54) is 21.7 Å². The normalized spacial score (nSPS) is 14.9. The molecule has 0 atom stereocenters. The molecule has 6 heteroatoms. The molecule has 0 spiro atoms. The summed E-state index contributed by atoms with van der Waals surface area (Å²) in [5, 5.41) is 2.19. The quantitative estimate of drug-likeness (QED) is 0.846. The first-order valence-corrected chi connectivity index (χ1v) is 8.33. The topological polar surface area (TPSA) is 41.5 Å². The Morgan fingerprint density at radius 2 is 2.23 bits per heavy atom. The summed E-state index contributed by atoms with van der Waals surface area (Å²) in [5.41, 5.74) is 3.73. The van der Waals surface area contributed by atoms with Crippen molar-refractivity contribution < 1.29 is 4.74 Å². The van der Waals surface area contributed by atoms with E-state index in [1.807, 2.05) is 25.4 Å². The van der Waals surface area contributed by atoms with Crippen LogP contribution in [0, 0.1) is 0 Å². The lowest BCUT2D eigenvalue weighted by molar-refractivity contribution is 0.185. The van der Waals surface area contributed by atoms with E-state index < -0.39 is 0 Å². The van der Waals surface area contributed by atoms with Crippen molar-refractivity contribution in [1.82, 2.24) is 14.9 Å². The molecule has 0 saturated carbocycles. The van der Waals surface area contributed by atoms with Gasteiger partial charge in [0.15, 0.2) is 0 Å². The van der Waals surface area contributed by atoms with Crippen LogP contribution in [0.25, 0.3) is 0 Å². The Kier molecular flexibility index (Phi) is 4.71. The van der Waals surface area contributed by atoms with Gasteiger partial charge in [-0.1, -0.05) is 0 Å². The molecular weight excluding hydrogens is 296 g/mol. The highest BCUT2D eigenvalue weighted by Gasteiger charge is 2.22. The highest BCUT2D eigenvalue weighted by Crippen LogP contribution is 2.26. The monoisotopic (exact) mass is 318 g/mol. The third-order valence-corrected chi connectivity index (χ3v) is 4.85. The van der Waals surface area contributed by atoms with Gasteiger partial charge in [-0.15, -0.1) is 11.3 Å². The predicted molar refractivity (Wildman–Crippen MR) is 89.2 cm³/mol. The van der Waals surface area contributed by atoms with Gasteiger partial charge in [-0.3, -0.25) is 4.90 Å². The molecule has 0 fully saturated rings. The molecule has 0 unspecified atom stereocenters. The van der Waals surface area contributed by atoms with E-state index in [9.17, 15) is 0 Å². The maximum atomic E-state index is 5.19. The van der Waals surface area contributed by atoms with E-state index in [0.29, 0.717) is 6.61 Å². The van der Waals surface area contributed by atoms with E-state index in [-0.39, 0.29) is 0 Å². The molecule has 2 aromatic rings. The van der Waals surface area contributed by atoms with Crippen molar-refractivity contribution in [3.63, 3.8) is 0 Å². The fourth-order valence-electron chi connectivity index (χ4n) is 2.87. The molecule has 0 bridgehead atoms. The average molecular weight is 318 g/mol. The Morgan fingerprint density at radius 1 is 1.36 bits per heavy atom. The molecule has 0 radical (unpaired) electrons. The van der Waals surface area contributed by atoms with Crippen LogP contribution in [-0.2, 0) is 30.9 Å². The molecule has 0 amide bonds. The van der Waals surface area contributed by atoms with E-state index >= 15 is 0 Å². The number of hydrogen-bond acceptors (Lipinski definition) is 6. The molecule has 0 aromatic carbocycles. The summed E-state index contributed by atoms with van der Waals surface area (Å²) < 4.78 is 5.19. The summed E-state index contributed by atoms with van der Waals surface area (Å²) in [6.45, 7) is 3.64. The SMILES string of the molecule is COCc1csc(CN2CCc3ncnc(N(C)C)c3C2)c1. The number of fused-ring (bicyclic) bond motifs is 1. The minimum atomic E-state index is 0.692. The molecule has 22 heavy (non-hydrogen) atoms. The zero-order valence-corrected chi connectivity index (χ0v) is 14.2. The average Bonchev–Trinajstić information content (AvgIpc) is 2.94. The Hall–Kier alpha value is -1.50. The summed E-state index contributed by atoms with van der Waals surface area (Å²) in [6.07, 6.45) is 2.68. The van der Waals surface area contributed by atoms with Gasteiger partial charge in [-0.05, 0) is 17.0 Å². The summed E-state index contributed by atoms with van der Waals surface area (Å²) in [6, 6.07) is 2.25. The summed E-state index contributed by atoms with van der Waals surface area (Å²) in [4.78, 5) is 14.8. The second kappa shape index (κ2) is 6.73. The van der Waals surface area contributed by atoms with Crippen LogP contribution in [0.3, 0.4) is 0 Å². The van der Waals surface area contributed by atoms with Gasteiger partial charge in [0.1, 0.15) is 12.1 Å². The van der Waals surface area contributed by atoms with Crippen molar-refractivity contribution in [2.45, 2.75) is 26.1 Å². The van der Waals surface area contributed by atoms with Crippen LogP contribution in [0.4, 0.5) is 5.82 Å². The van der Waals surface area contributed by atoms with Gasteiger partial charge < -0.3 is 9.64 Å². The van der Waals surface area contributed by atoms with Crippen LogP contribution in [-0.4, -0.2) is 42.6 Å². The van der Waals surface area contributed by atoms with Crippen molar-refractivity contribution in [3.05, 3.63) is 39.5 Å². The van der Waals surface area contributed by atoms with Crippen molar-refractivity contribution >= 4 is 17.2 Å². The van der Waals surface area contributed by atoms with Gasteiger partial charge in [0, 0.05) is 57.7 Å². The van der Waals surface area contributed by atoms with Crippen LogP contribution < -0.4 is 4.90 Å². The molecule has 1 aliphatic rings. The summed E-state index contributed by atoms with van der Waals surface area (Å²) >= 11 is 1.81. The number of methoxy groups -OCH3 is 1. The molecule has 5 nitrogen and oxygen atoms in total. The lowest BCUT2D eigenvalue weighted by Crippen LogP contribution is -2.32. The molecule has 1 aliphatic heterocycles. The van der Waals surface area contributed by atoms with Crippen molar-refractivity contribution in [3.8, 4) is 0 Å². The molecular formula is C16H22N4OS. The number of aromatic nitrogens is 2. The second-order valence-electron chi connectivity index (χ2n) is 5.83. The number of thiophene rings is 1. The summed E-state index contributed by atoms with van der Waals surface area (Å²) in [7, 11) is 5.82. The maximum Gasteiger partial charge on any atom is 0.136 e. The largest absolute Gasteiger partial charge is 0.380 e. The Bertz CT molecular complexity index is 641. The van der Waals surface area contributed by atoms with Gasteiger partial charge in [0.25, 0.3) is 0 Å². The number of rotatable bonds is 5. The van der Waals surface area contributed by atoms with Crippen LogP contribution in [0.1, 0.15) is 21.7 Å². The smallest absolute Gasteiger partial charge is 0.136 e. The van der Waals surface area contributed by atoms with Crippen LogP contribution in [0.15, 0.2) is 17.8 Å². The number of nitrogens with zero attached hydrogens (tertiary/aromatic N) is 4. The molecule has 3 heterocycles.